The van der Waals surface area contributed by atoms with Gasteiger partial charge in [-0.05, 0) is 42.3 Å². The normalized spacial score (nSPS) is 11.0. The zero-order chi connectivity index (χ0) is 14.7. The van der Waals surface area contributed by atoms with Crippen LogP contribution in [0.2, 0.25) is 0 Å². The van der Waals surface area contributed by atoms with Crippen LogP contribution in [-0.4, -0.2) is 9.78 Å². The highest BCUT2D eigenvalue weighted by molar-refractivity contribution is 5.85. The highest BCUT2D eigenvalue weighted by Gasteiger charge is 2.05. The van der Waals surface area contributed by atoms with E-state index in [2.05, 4.69) is 77.5 Å². The first-order valence-corrected chi connectivity index (χ1v) is 7.58. The lowest BCUT2D eigenvalue weighted by atomic mass is 10.1. The molecule has 0 spiro atoms. The van der Waals surface area contributed by atoms with Crippen LogP contribution in [0.4, 0.5) is 5.69 Å². The zero-order valence-electron chi connectivity index (χ0n) is 12.6. The largest absolute Gasteiger partial charge is 0.379 e. The second-order valence-electron chi connectivity index (χ2n) is 5.21. The number of hydrogen-bond donors (Lipinski definition) is 1. The topological polar surface area (TPSA) is 29.9 Å². The van der Waals surface area contributed by atoms with Crippen LogP contribution in [0, 0.1) is 0 Å². The van der Waals surface area contributed by atoms with Gasteiger partial charge in [0.25, 0.3) is 0 Å². The third kappa shape index (κ3) is 2.92. The fraction of sp³-hybridized carbons (Fsp3) is 0.278. The van der Waals surface area contributed by atoms with E-state index in [-0.39, 0.29) is 0 Å². The molecule has 3 rings (SSSR count). The Morgan fingerprint density at radius 1 is 1.00 bits per heavy atom. The van der Waals surface area contributed by atoms with E-state index in [0.717, 1.165) is 30.9 Å². The summed E-state index contributed by atoms with van der Waals surface area (Å²) in [6.45, 7) is 5.99. The number of hydrogen-bond acceptors (Lipinski definition) is 2. The monoisotopic (exact) mass is 279 g/mol. The van der Waals surface area contributed by atoms with E-state index in [1.54, 1.807) is 0 Å². The van der Waals surface area contributed by atoms with E-state index < -0.39 is 0 Å². The van der Waals surface area contributed by atoms with Gasteiger partial charge in [0, 0.05) is 12.2 Å². The second-order valence-corrected chi connectivity index (χ2v) is 5.21. The van der Waals surface area contributed by atoms with Crippen LogP contribution in [0.3, 0.4) is 0 Å². The third-order valence-corrected chi connectivity index (χ3v) is 3.80. The molecular weight excluding hydrogens is 258 g/mol. The van der Waals surface area contributed by atoms with Crippen molar-refractivity contribution in [2.24, 2.45) is 0 Å². The van der Waals surface area contributed by atoms with Crippen LogP contribution in [0.5, 0.6) is 0 Å². The Morgan fingerprint density at radius 3 is 2.57 bits per heavy atom. The molecule has 0 aliphatic rings. The molecule has 21 heavy (non-hydrogen) atoms. The number of aromatic nitrogens is 2. The summed E-state index contributed by atoms with van der Waals surface area (Å²) in [5.74, 6) is 0. The molecule has 2 aromatic carbocycles. The number of nitrogens with zero attached hydrogens (tertiary/aromatic N) is 2. The van der Waals surface area contributed by atoms with Gasteiger partial charge in [0.15, 0.2) is 0 Å². The summed E-state index contributed by atoms with van der Waals surface area (Å²) in [7, 11) is 0. The van der Waals surface area contributed by atoms with Crippen molar-refractivity contribution in [1.82, 2.24) is 9.78 Å². The Morgan fingerprint density at radius 2 is 1.81 bits per heavy atom. The molecule has 0 fully saturated rings. The molecule has 1 heterocycles. The molecule has 0 atom stereocenters. The number of fused-ring (bicyclic) bond motifs is 1. The average Bonchev–Trinajstić information content (AvgIpc) is 2.95. The zero-order valence-corrected chi connectivity index (χ0v) is 12.6. The van der Waals surface area contributed by atoms with Crippen LogP contribution in [-0.2, 0) is 19.5 Å². The molecule has 0 aliphatic heterocycles. The Kier molecular flexibility index (Phi) is 3.91. The lowest BCUT2D eigenvalue weighted by Gasteiger charge is -2.09. The summed E-state index contributed by atoms with van der Waals surface area (Å²) in [5, 5.41) is 10.6. The third-order valence-electron chi connectivity index (χ3n) is 3.80. The van der Waals surface area contributed by atoms with Crippen molar-refractivity contribution in [3.05, 3.63) is 59.9 Å². The first-order chi connectivity index (χ1) is 10.3. The Bertz CT molecular complexity index is 743. The summed E-state index contributed by atoms with van der Waals surface area (Å²) >= 11 is 0. The highest BCUT2D eigenvalue weighted by atomic mass is 15.3. The summed E-state index contributed by atoms with van der Waals surface area (Å²) < 4.78 is 2.08. The molecule has 0 aliphatic carbocycles. The van der Waals surface area contributed by atoms with Gasteiger partial charge in [-0.3, -0.25) is 4.68 Å². The molecule has 3 heteroatoms. The standard InChI is InChI=1S/C18H21N3/c1-3-16-12-18(21(4-2)20-16)13-19-17-10-9-14-7-5-6-8-15(14)11-17/h5-12,19H,3-4,13H2,1-2H3. The van der Waals surface area contributed by atoms with Gasteiger partial charge < -0.3 is 5.32 Å². The van der Waals surface area contributed by atoms with Crippen molar-refractivity contribution < 1.29 is 0 Å². The molecule has 0 unspecified atom stereocenters. The number of aryl methyl sites for hydroxylation is 2. The fourth-order valence-electron chi connectivity index (χ4n) is 2.60. The SMILES string of the molecule is CCc1cc(CNc2ccc3ccccc3c2)n(CC)n1. The number of rotatable bonds is 5. The smallest absolute Gasteiger partial charge is 0.0625 e. The lowest BCUT2D eigenvalue weighted by Crippen LogP contribution is -2.07. The fourth-order valence-corrected chi connectivity index (χ4v) is 2.60. The summed E-state index contributed by atoms with van der Waals surface area (Å²) in [5.41, 5.74) is 3.55. The van der Waals surface area contributed by atoms with Gasteiger partial charge in [0.05, 0.1) is 17.9 Å². The van der Waals surface area contributed by atoms with E-state index in [0.29, 0.717) is 0 Å². The van der Waals surface area contributed by atoms with Gasteiger partial charge in [-0.1, -0.05) is 37.3 Å². The molecule has 3 aromatic rings. The Hall–Kier alpha value is -2.29. The van der Waals surface area contributed by atoms with Crippen molar-refractivity contribution in [3.8, 4) is 0 Å². The molecule has 108 valence electrons. The summed E-state index contributed by atoms with van der Waals surface area (Å²) in [6.07, 6.45) is 0.982. The maximum atomic E-state index is 4.59. The minimum absolute atomic E-state index is 0.805. The molecule has 0 amide bonds. The van der Waals surface area contributed by atoms with Crippen LogP contribution in [0.15, 0.2) is 48.5 Å². The number of nitrogens with one attached hydrogen (secondary N) is 1. The first kappa shape index (κ1) is 13.7. The van der Waals surface area contributed by atoms with E-state index in [1.807, 2.05) is 0 Å². The maximum absolute atomic E-state index is 4.59. The van der Waals surface area contributed by atoms with Crippen molar-refractivity contribution in [1.29, 1.82) is 0 Å². The maximum Gasteiger partial charge on any atom is 0.0625 e. The molecule has 0 saturated carbocycles. The van der Waals surface area contributed by atoms with Gasteiger partial charge in [-0.25, -0.2) is 0 Å². The molecular formula is C18H21N3. The van der Waals surface area contributed by atoms with E-state index >= 15 is 0 Å². The van der Waals surface area contributed by atoms with E-state index in [9.17, 15) is 0 Å². The molecule has 1 aromatic heterocycles. The molecule has 0 saturated heterocycles. The quantitative estimate of drug-likeness (QED) is 0.757. The average molecular weight is 279 g/mol. The van der Waals surface area contributed by atoms with Crippen LogP contribution >= 0.6 is 0 Å². The van der Waals surface area contributed by atoms with Crippen molar-refractivity contribution in [2.45, 2.75) is 33.4 Å². The first-order valence-electron chi connectivity index (χ1n) is 7.58. The van der Waals surface area contributed by atoms with Crippen LogP contribution < -0.4 is 5.32 Å². The van der Waals surface area contributed by atoms with Gasteiger partial charge in [0.2, 0.25) is 0 Å². The summed E-state index contributed by atoms with van der Waals surface area (Å²) in [6, 6.07) is 17.1. The van der Waals surface area contributed by atoms with Gasteiger partial charge in [-0.15, -0.1) is 0 Å². The summed E-state index contributed by atoms with van der Waals surface area (Å²) in [4.78, 5) is 0. The predicted molar refractivity (Wildman–Crippen MR) is 88.6 cm³/mol. The Labute approximate surface area is 125 Å². The second kappa shape index (κ2) is 6.00. The molecule has 3 nitrogen and oxygen atoms in total. The number of benzene rings is 2. The Balaban J connectivity index is 1.78. The molecule has 1 N–H and O–H groups in total. The minimum Gasteiger partial charge on any atom is -0.379 e. The van der Waals surface area contributed by atoms with Crippen molar-refractivity contribution in [2.75, 3.05) is 5.32 Å². The highest BCUT2D eigenvalue weighted by Crippen LogP contribution is 2.19. The predicted octanol–water partition coefficient (Wildman–Crippen LogP) is 4.23. The van der Waals surface area contributed by atoms with E-state index in [1.165, 1.54) is 16.5 Å². The lowest BCUT2D eigenvalue weighted by molar-refractivity contribution is 0.619. The molecule has 0 radical (unpaired) electrons. The van der Waals surface area contributed by atoms with Crippen molar-refractivity contribution in [3.63, 3.8) is 0 Å². The van der Waals surface area contributed by atoms with Crippen molar-refractivity contribution >= 4 is 16.5 Å². The molecule has 0 bridgehead atoms. The minimum atomic E-state index is 0.805. The van der Waals surface area contributed by atoms with Crippen LogP contribution in [0.1, 0.15) is 25.2 Å². The number of anilines is 1. The van der Waals surface area contributed by atoms with Gasteiger partial charge in [-0.2, -0.15) is 5.10 Å². The van der Waals surface area contributed by atoms with Gasteiger partial charge >= 0.3 is 0 Å². The van der Waals surface area contributed by atoms with E-state index in [4.69, 9.17) is 0 Å². The van der Waals surface area contributed by atoms with Crippen LogP contribution in [0.25, 0.3) is 10.8 Å². The van der Waals surface area contributed by atoms with Gasteiger partial charge in [0.1, 0.15) is 0 Å².